The molecule has 0 radical (unpaired) electrons. The maximum Gasteiger partial charge on any atom is 0.329 e. The van der Waals surface area contributed by atoms with Crippen molar-refractivity contribution in [2.75, 3.05) is 0 Å². The molecule has 2 N–H and O–H groups in total. The summed E-state index contributed by atoms with van der Waals surface area (Å²) in [7, 11) is -3.90. The Morgan fingerprint density at radius 2 is 1.86 bits per heavy atom. The Morgan fingerprint density at radius 1 is 1.29 bits per heavy atom. The van der Waals surface area contributed by atoms with Crippen LogP contribution < -0.4 is 0 Å². The predicted molar refractivity (Wildman–Crippen MR) is 55.1 cm³/mol. The van der Waals surface area contributed by atoms with Gasteiger partial charge in [-0.3, -0.25) is 4.57 Å². The molecular weight excluding hydrogens is 199 g/mol. The molecule has 0 spiro atoms. The molecule has 0 amide bonds. The molecular formula is C10H19O3P. The first-order valence-electron chi connectivity index (χ1n) is 5.25. The lowest BCUT2D eigenvalue weighted by atomic mass is 9.71. The zero-order valence-electron chi connectivity index (χ0n) is 9.03. The lowest BCUT2D eigenvalue weighted by Crippen LogP contribution is -2.35. The van der Waals surface area contributed by atoms with E-state index in [-0.39, 0.29) is 10.8 Å². The van der Waals surface area contributed by atoms with Crippen LogP contribution in [-0.4, -0.2) is 15.4 Å². The second kappa shape index (κ2) is 2.63. The minimum atomic E-state index is -3.90. The molecule has 2 fully saturated rings. The van der Waals surface area contributed by atoms with E-state index in [2.05, 4.69) is 20.8 Å². The fraction of sp³-hybridized carbons (Fsp3) is 1.00. The summed E-state index contributed by atoms with van der Waals surface area (Å²) in [6.45, 7) is 6.39. The van der Waals surface area contributed by atoms with Gasteiger partial charge in [0.1, 0.15) is 0 Å². The highest BCUT2D eigenvalue weighted by Crippen LogP contribution is 2.73. The van der Waals surface area contributed by atoms with Crippen molar-refractivity contribution in [3.63, 3.8) is 0 Å². The first kappa shape index (κ1) is 10.7. The molecule has 2 rings (SSSR count). The van der Waals surface area contributed by atoms with Crippen LogP contribution in [0.4, 0.5) is 0 Å². The van der Waals surface area contributed by atoms with Crippen molar-refractivity contribution in [2.24, 2.45) is 16.7 Å². The van der Waals surface area contributed by atoms with Crippen molar-refractivity contribution in [3.05, 3.63) is 0 Å². The van der Waals surface area contributed by atoms with E-state index in [0.717, 1.165) is 12.8 Å². The van der Waals surface area contributed by atoms with E-state index >= 15 is 0 Å². The molecule has 3 nitrogen and oxygen atoms in total. The molecule has 0 heterocycles. The van der Waals surface area contributed by atoms with Crippen molar-refractivity contribution in [1.82, 2.24) is 0 Å². The van der Waals surface area contributed by atoms with E-state index in [0.29, 0.717) is 12.3 Å². The van der Waals surface area contributed by atoms with Crippen LogP contribution in [0.15, 0.2) is 0 Å². The third kappa shape index (κ3) is 1.09. The van der Waals surface area contributed by atoms with Gasteiger partial charge in [-0.25, -0.2) is 0 Å². The van der Waals surface area contributed by atoms with Crippen LogP contribution in [0.2, 0.25) is 0 Å². The SMILES string of the molecule is CC1(C)[C@H]2CC[C@]1(C)[C@H](P(=O)(O)O)C2. The first-order valence-corrected chi connectivity index (χ1v) is 6.93. The average Bonchev–Trinajstić information content (AvgIpc) is 2.32. The average molecular weight is 218 g/mol. The highest BCUT2D eigenvalue weighted by Gasteiger charge is 2.65. The van der Waals surface area contributed by atoms with E-state index in [1.807, 2.05) is 0 Å². The molecule has 0 aromatic heterocycles. The fourth-order valence-corrected chi connectivity index (χ4v) is 5.40. The van der Waals surface area contributed by atoms with Gasteiger partial charge in [0, 0.05) is 0 Å². The summed E-state index contributed by atoms with van der Waals surface area (Å²) >= 11 is 0. The van der Waals surface area contributed by atoms with Gasteiger partial charge >= 0.3 is 7.60 Å². The van der Waals surface area contributed by atoms with Gasteiger partial charge < -0.3 is 9.79 Å². The second-order valence-electron chi connectivity index (χ2n) is 5.72. The third-order valence-corrected chi connectivity index (χ3v) is 6.75. The summed E-state index contributed by atoms with van der Waals surface area (Å²) < 4.78 is 11.4. The van der Waals surface area contributed by atoms with Gasteiger partial charge in [-0.2, -0.15) is 0 Å². The lowest BCUT2D eigenvalue weighted by molar-refractivity contribution is 0.145. The van der Waals surface area contributed by atoms with Gasteiger partial charge in [0.25, 0.3) is 0 Å². The smallest absolute Gasteiger partial charge is 0.324 e. The van der Waals surface area contributed by atoms with Crippen molar-refractivity contribution < 1.29 is 14.4 Å². The number of fused-ring (bicyclic) bond motifs is 2. The van der Waals surface area contributed by atoms with Crippen LogP contribution in [0.1, 0.15) is 40.0 Å². The maximum atomic E-state index is 11.4. The molecule has 0 aliphatic heterocycles. The third-order valence-electron chi connectivity index (χ3n) is 5.15. The molecule has 2 aliphatic rings. The molecule has 0 aromatic carbocycles. The van der Waals surface area contributed by atoms with E-state index in [9.17, 15) is 14.4 Å². The van der Waals surface area contributed by atoms with Crippen molar-refractivity contribution >= 4 is 7.60 Å². The van der Waals surface area contributed by atoms with Gasteiger partial charge in [0.2, 0.25) is 0 Å². The lowest BCUT2D eigenvalue weighted by Gasteiger charge is -2.39. The van der Waals surface area contributed by atoms with Gasteiger partial charge in [0.05, 0.1) is 5.66 Å². The zero-order chi connectivity index (χ0) is 10.8. The Hall–Kier alpha value is 0.150. The van der Waals surface area contributed by atoms with Gasteiger partial charge in [-0.1, -0.05) is 20.8 Å². The molecule has 2 bridgehead atoms. The Labute approximate surface area is 85.1 Å². The minimum Gasteiger partial charge on any atom is -0.324 e. The molecule has 2 aliphatic carbocycles. The summed E-state index contributed by atoms with van der Waals surface area (Å²) in [6.07, 6.45) is 2.83. The standard InChI is InChI=1S/C10H19O3P/c1-9(2)7-4-5-10(9,3)8(6-7)14(11,12)13/h7-8H,4-6H2,1-3H3,(H2,11,12,13)/t7-,8+,10+/m0/s1. The molecule has 14 heavy (non-hydrogen) atoms. The van der Waals surface area contributed by atoms with Crippen LogP contribution in [0.3, 0.4) is 0 Å². The monoisotopic (exact) mass is 218 g/mol. The fourth-order valence-electron chi connectivity index (χ4n) is 3.67. The first-order chi connectivity index (χ1) is 6.19. The summed E-state index contributed by atoms with van der Waals surface area (Å²) in [5.41, 5.74) is -0.459. The normalized spacial score (nSPS) is 45.8. The topological polar surface area (TPSA) is 57.5 Å². The molecule has 0 aromatic rings. The highest BCUT2D eigenvalue weighted by molar-refractivity contribution is 7.52. The number of hydrogen-bond donors (Lipinski definition) is 2. The van der Waals surface area contributed by atoms with Crippen LogP contribution in [0.5, 0.6) is 0 Å². The van der Waals surface area contributed by atoms with Crippen molar-refractivity contribution in [2.45, 2.75) is 45.7 Å². The van der Waals surface area contributed by atoms with Gasteiger partial charge in [-0.15, -0.1) is 0 Å². The minimum absolute atomic E-state index is 0.0960. The summed E-state index contributed by atoms with van der Waals surface area (Å²) in [6, 6.07) is 0. The van der Waals surface area contributed by atoms with E-state index < -0.39 is 13.3 Å². The van der Waals surface area contributed by atoms with E-state index in [4.69, 9.17) is 0 Å². The number of rotatable bonds is 1. The Balaban J connectivity index is 2.42. The molecule has 4 heteroatoms. The van der Waals surface area contributed by atoms with Crippen molar-refractivity contribution in [3.8, 4) is 0 Å². The summed E-state index contributed by atoms with van der Waals surface area (Å²) in [4.78, 5) is 18.7. The molecule has 0 unspecified atom stereocenters. The summed E-state index contributed by atoms with van der Waals surface area (Å²) in [5.74, 6) is 0.505. The second-order valence-corrected chi connectivity index (χ2v) is 7.52. The maximum absolute atomic E-state index is 11.4. The van der Waals surface area contributed by atoms with Crippen LogP contribution in [0, 0.1) is 16.7 Å². The van der Waals surface area contributed by atoms with Crippen LogP contribution in [0.25, 0.3) is 0 Å². The van der Waals surface area contributed by atoms with E-state index in [1.165, 1.54) is 0 Å². The molecule has 0 saturated heterocycles. The molecule has 82 valence electrons. The van der Waals surface area contributed by atoms with Crippen LogP contribution in [-0.2, 0) is 4.57 Å². The molecule has 2 saturated carbocycles. The number of hydrogen-bond acceptors (Lipinski definition) is 1. The largest absolute Gasteiger partial charge is 0.329 e. The Morgan fingerprint density at radius 3 is 2.07 bits per heavy atom. The Bertz CT molecular complexity index is 306. The highest BCUT2D eigenvalue weighted by atomic mass is 31.2. The van der Waals surface area contributed by atoms with Crippen molar-refractivity contribution in [1.29, 1.82) is 0 Å². The van der Waals surface area contributed by atoms with E-state index in [1.54, 1.807) is 0 Å². The quantitative estimate of drug-likeness (QED) is 0.664. The van der Waals surface area contributed by atoms with Gasteiger partial charge in [0.15, 0.2) is 0 Å². The zero-order valence-corrected chi connectivity index (χ0v) is 9.92. The summed E-state index contributed by atoms with van der Waals surface area (Å²) in [5, 5.41) is 0. The molecule has 3 atom stereocenters. The predicted octanol–water partition coefficient (Wildman–Crippen LogP) is 2.38. The van der Waals surface area contributed by atoms with Crippen LogP contribution >= 0.6 is 7.60 Å². The Kier molecular flexibility index (Phi) is 2.01. The van der Waals surface area contributed by atoms with Gasteiger partial charge in [-0.05, 0) is 36.0 Å².